The summed E-state index contributed by atoms with van der Waals surface area (Å²) in [5.74, 6) is -0.940. The Morgan fingerprint density at radius 1 is 1.32 bits per heavy atom. The average molecular weight is 298 g/mol. The zero-order valence-electron chi connectivity index (χ0n) is 11.9. The molecule has 0 aliphatic heterocycles. The van der Waals surface area contributed by atoms with Crippen molar-refractivity contribution in [2.45, 2.75) is 6.92 Å². The van der Waals surface area contributed by atoms with Gasteiger partial charge >= 0.3 is 5.97 Å². The molecule has 0 amide bonds. The fourth-order valence-electron chi connectivity index (χ4n) is 2.07. The summed E-state index contributed by atoms with van der Waals surface area (Å²) in [6.45, 7) is 1.74. The molecule has 0 radical (unpaired) electrons. The third-order valence-electron chi connectivity index (χ3n) is 3.06. The van der Waals surface area contributed by atoms with E-state index in [9.17, 15) is 9.59 Å². The van der Waals surface area contributed by atoms with Crippen LogP contribution in [0.2, 0.25) is 0 Å². The summed E-state index contributed by atoms with van der Waals surface area (Å²) < 4.78 is 5.97. The second-order valence-corrected chi connectivity index (χ2v) is 4.36. The van der Waals surface area contributed by atoms with E-state index in [1.807, 2.05) is 0 Å². The normalized spacial score (nSPS) is 10.0. The van der Waals surface area contributed by atoms with Crippen LogP contribution >= 0.6 is 0 Å². The number of nitrogens with two attached hydrogens (primary N) is 2. The summed E-state index contributed by atoms with van der Waals surface area (Å²) in [5.41, 5.74) is 10.6. The van der Waals surface area contributed by atoms with Gasteiger partial charge in [-0.05, 0) is 19.1 Å². The molecule has 0 saturated heterocycles. The van der Waals surface area contributed by atoms with Crippen LogP contribution in [0.25, 0.3) is 5.69 Å². The highest BCUT2D eigenvalue weighted by molar-refractivity contribution is 6.01. The zero-order valence-corrected chi connectivity index (χ0v) is 11.9. The number of rotatable bonds is 3. The maximum atomic E-state index is 12.4. The maximum Gasteiger partial charge on any atom is 0.344 e. The monoisotopic (exact) mass is 298 g/mol. The summed E-state index contributed by atoms with van der Waals surface area (Å²) in [7, 11) is 0. The lowest BCUT2D eigenvalue weighted by atomic mass is 10.1. The number of aromatic nitrogens is 1. The van der Waals surface area contributed by atoms with E-state index >= 15 is 0 Å². The summed E-state index contributed by atoms with van der Waals surface area (Å²) in [5, 5.41) is 9.16. The molecule has 7 nitrogen and oxygen atoms in total. The average Bonchev–Trinajstić information content (AvgIpc) is 2.49. The van der Waals surface area contributed by atoms with Crippen molar-refractivity contribution in [3.8, 4) is 11.8 Å². The number of nitrogen functional groups attached to an aromatic ring is 2. The minimum absolute atomic E-state index is 0.115. The number of carbonyl (C=O) groups is 1. The summed E-state index contributed by atoms with van der Waals surface area (Å²) in [6.07, 6.45) is 0. The van der Waals surface area contributed by atoms with E-state index < -0.39 is 11.5 Å². The molecule has 2 aromatic rings. The van der Waals surface area contributed by atoms with Gasteiger partial charge in [-0.25, -0.2) is 4.79 Å². The van der Waals surface area contributed by atoms with Crippen LogP contribution in [0.1, 0.15) is 22.8 Å². The number of nitriles is 1. The molecule has 4 N–H and O–H groups in total. The summed E-state index contributed by atoms with van der Waals surface area (Å²) in [4.78, 5) is 24.4. The number of hydrogen-bond donors (Lipinski definition) is 2. The van der Waals surface area contributed by atoms with E-state index in [1.54, 1.807) is 43.3 Å². The van der Waals surface area contributed by atoms with Crippen LogP contribution in [0.5, 0.6) is 0 Å². The van der Waals surface area contributed by atoms with Crippen molar-refractivity contribution in [1.29, 1.82) is 5.26 Å². The number of nitrogens with zero attached hydrogens (tertiary/aromatic N) is 2. The Balaban J connectivity index is 2.86. The Kier molecular flexibility index (Phi) is 4.13. The van der Waals surface area contributed by atoms with Crippen molar-refractivity contribution in [3.05, 3.63) is 51.8 Å². The van der Waals surface area contributed by atoms with Crippen molar-refractivity contribution in [2.24, 2.45) is 0 Å². The molecule has 1 heterocycles. The van der Waals surface area contributed by atoms with Crippen LogP contribution < -0.4 is 17.0 Å². The lowest BCUT2D eigenvalue weighted by molar-refractivity contribution is 0.0528. The van der Waals surface area contributed by atoms with Gasteiger partial charge in [-0.2, -0.15) is 5.26 Å². The number of esters is 1. The molecule has 7 heteroatoms. The second kappa shape index (κ2) is 6.01. The third-order valence-corrected chi connectivity index (χ3v) is 3.06. The lowest BCUT2D eigenvalue weighted by Gasteiger charge is -2.16. The number of para-hydroxylation sites is 1. The molecule has 22 heavy (non-hydrogen) atoms. The van der Waals surface area contributed by atoms with Gasteiger partial charge in [-0.1, -0.05) is 18.2 Å². The Morgan fingerprint density at radius 3 is 2.50 bits per heavy atom. The van der Waals surface area contributed by atoms with Gasteiger partial charge in [0.2, 0.25) is 0 Å². The standard InChI is InChI=1S/C15H14N4O3/c1-2-22-15(21)11-12(17)10(8-16)14(20)19(13(11)18)9-6-4-3-5-7-9/h3-7H,2,17-18H2,1H3. The molecule has 0 spiro atoms. The van der Waals surface area contributed by atoms with Crippen LogP contribution in [0.3, 0.4) is 0 Å². The van der Waals surface area contributed by atoms with Crippen molar-refractivity contribution in [1.82, 2.24) is 4.57 Å². The molecular weight excluding hydrogens is 284 g/mol. The predicted octanol–water partition coefficient (Wildman–Crippen LogP) is 1.05. The van der Waals surface area contributed by atoms with Crippen LogP contribution in [-0.4, -0.2) is 17.1 Å². The van der Waals surface area contributed by atoms with Gasteiger partial charge in [0, 0.05) is 0 Å². The van der Waals surface area contributed by atoms with Gasteiger partial charge in [0.25, 0.3) is 5.56 Å². The molecule has 1 aromatic carbocycles. The maximum absolute atomic E-state index is 12.4. The van der Waals surface area contributed by atoms with Crippen molar-refractivity contribution < 1.29 is 9.53 Å². The Labute approximate surface area is 126 Å². The molecular formula is C15H14N4O3. The first kappa shape index (κ1) is 15.1. The lowest BCUT2D eigenvalue weighted by Crippen LogP contribution is -2.29. The van der Waals surface area contributed by atoms with Crippen LogP contribution in [0.4, 0.5) is 11.5 Å². The number of benzene rings is 1. The first-order valence-corrected chi connectivity index (χ1v) is 6.49. The highest BCUT2D eigenvalue weighted by atomic mass is 16.5. The summed E-state index contributed by atoms with van der Waals surface area (Å²) in [6, 6.07) is 10.1. The van der Waals surface area contributed by atoms with E-state index in [2.05, 4.69) is 0 Å². The zero-order chi connectivity index (χ0) is 16.3. The van der Waals surface area contributed by atoms with E-state index in [0.29, 0.717) is 5.69 Å². The molecule has 0 atom stereocenters. The van der Waals surface area contributed by atoms with Gasteiger partial charge < -0.3 is 16.2 Å². The molecule has 0 fully saturated rings. The van der Waals surface area contributed by atoms with E-state index in [4.69, 9.17) is 21.5 Å². The van der Waals surface area contributed by atoms with Gasteiger partial charge in [0.1, 0.15) is 23.0 Å². The van der Waals surface area contributed by atoms with Gasteiger partial charge in [-0.3, -0.25) is 9.36 Å². The van der Waals surface area contributed by atoms with Crippen LogP contribution in [0.15, 0.2) is 35.1 Å². The first-order chi connectivity index (χ1) is 10.5. The smallest absolute Gasteiger partial charge is 0.344 e. The number of carbonyl (C=O) groups excluding carboxylic acids is 1. The quantitative estimate of drug-likeness (QED) is 0.816. The second-order valence-electron chi connectivity index (χ2n) is 4.36. The summed E-state index contributed by atoms with van der Waals surface area (Å²) >= 11 is 0. The Bertz CT molecular complexity index is 819. The Hall–Kier alpha value is -3.27. The van der Waals surface area contributed by atoms with Crippen molar-refractivity contribution in [2.75, 3.05) is 18.1 Å². The van der Waals surface area contributed by atoms with Crippen LogP contribution in [-0.2, 0) is 4.74 Å². The minimum atomic E-state index is -0.779. The highest BCUT2D eigenvalue weighted by Gasteiger charge is 2.24. The van der Waals surface area contributed by atoms with E-state index in [0.717, 1.165) is 4.57 Å². The predicted molar refractivity (Wildman–Crippen MR) is 81.5 cm³/mol. The Morgan fingerprint density at radius 2 is 1.95 bits per heavy atom. The fraction of sp³-hybridized carbons (Fsp3) is 0.133. The minimum Gasteiger partial charge on any atom is -0.462 e. The number of ether oxygens (including phenoxy) is 1. The molecule has 1 aromatic heterocycles. The van der Waals surface area contributed by atoms with Crippen molar-refractivity contribution >= 4 is 17.5 Å². The van der Waals surface area contributed by atoms with E-state index in [1.165, 1.54) is 0 Å². The SMILES string of the molecule is CCOC(=O)c1c(N)c(C#N)c(=O)n(-c2ccccc2)c1N. The number of hydrogen-bond acceptors (Lipinski definition) is 6. The van der Waals surface area contributed by atoms with Crippen molar-refractivity contribution in [3.63, 3.8) is 0 Å². The molecule has 2 rings (SSSR count). The molecule has 0 unspecified atom stereocenters. The van der Waals surface area contributed by atoms with Gasteiger partial charge in [-0.15, -0.1) is 0 Å². The number of pyridine rings is 1. The largest absolute Gasteiger partial charge is 0.462 e. The third kappa shape index (κ3) is 2.38. The van der Waals surface area contributed by atoms with Crippen LogP contribution in [0, 0.1) is 11.3 Å². The molecule has 0 bridgehead atoms. The molecule has 0 saturated carbocycles. The number of anilines is 2. The molecule has 0 aliphatic carbocycles. The molecule has 0 aliphatic rings. The van der Waals surface area contributed by atoms with E-state index in [-0.39, 0.29) is 29.2 Å². The van der Waals surface area contributed by atoms with Gasteiger partial charge in [0.05, 0.1) is 18.0 Å². The van der Waals surface area contributed by atoms with Gasteiger partial charge in [0.15, 0.2) is 0 Å². The molecule has 112 valence electrons. The highest BCUT2D eigenvalue weighted by Crippen LogP contribution is 2.24. The fourth-order valence-corrected chi connectivity index (χ4v) is 2.07. The topological polar surface area (TPSA) is 124 Å². The first-order valence-electron chi connectivity index (χ1n) is 6.49.